The van der Waals surface area contributed by atoms with E-state index in [1.807, 2.05) is 36.4 Å². The average molecular weight is 304 g/mol. The van der Waals surface area contributed by atoms with Gasteiger partial charge in [0.25, 0.3) is 0 Å². The maximum absolute atomic E-state index is 6.19. The van der Waals surface area contributed by atoms with Gasteiger partial charge in [0.05, 0.1) is 23.9 Å². The van der Waals surface area contributed by atoms with Crippen LogP contribution in [-0.4, -0.2) is 13.2 Å². The molecule has 1 atom stereocenters. The molecule has 0 radical (unpaired) electrons. The van der Waals surface area contributed by atoms with Crippen molar-refractivity contribution in [2.24, 2.45) is 0 Å². The van der Waals surface area contributed by atoms with Gasteiger partial charge < -0.3 is 14.8 Å². The standard InChI is InChI=1S/C17H18ClNO2/c1-12(19-15-6-3-2-5-14(15)18)13-7-8-16-17(11-13)21-10-4-9-20-16/h2-3,5-8,11-12,19H,4,9-10H2,1H3. The second-order valence-corrected chi connectivity index (χ2v) is 5.51. The van der Waals surface area contributed by atoms with Crippen molar-refractivity contribution in [3.8, 4) is 11.5 Å². The summed E-state index contributed by atoms with van der Waals surface area (Å²) in [5.74, 6) is 1.64. The first-order valence-electron chi connectivity index (χ1n) is 7.14. The average Bonchev–Trinajstić information content (AvgIpc) is 2.74. The number of anilines is 1. The van der Waals surface area contributed by atoms with E-state index in [-0.39, 0.29) is 6.04 Å². The topological polar surface area (TPSA) is 30.5 Å². The Balaban J connectivity index is 1.80. The van der Waals surface area contributed by atoms with Gasteiger partial charge in [-0.15, -0.1) is 0 Å². The maximum atomic E-state index is 6.19. The minimum Gasteiger partial charge on any atom is -0.490 e. The summed E-state index contributed by atoms with van der Waals surface area (Å²) in [6.07, 6.45) is 0.914. The molecule has 0 fully saturated rings. The summed E-state index contributed by atoms with van der Waals surface area (Å²) >= 11 is 6.19. The van der Waals surface area contributed by atoms with Crippen LogP contribution in [0.4, 0.5) is 5.69 Å². The highest BCUT2D eigenvalue weighted by Gasteiger charge is 2.14. The van der Waals surface area contributed by atoms with Gasteiger partial charge in [-0.1, -0.05) is 29.8 Å². The predicted molar refractivity (Wildman–Crippen MR) is 85.5 cm³/mol. The van der Waals surface area contributed by atoms with Gasteiger partial charge in [0.1, 0.15) is 0 Å². The molecule has 1 unspecified atom stereocenters. The van der Waals surface area contributed by atoms with Crippen molar-refractivity contribution in [2.45, 2.75) is 19.4 Å². The van der Waals surface area contributed by atoms with Crippen molar-refractivity contribution >= 4 is 17.3 Å². The van der Waals surface area contributed by atoms with Crippen LogP contribution in [0.1, 0.15) is 24.9 Å². The number of rotatable bonds is 3. The number of nitrogens with one attached hydrogen (secondary N) is 1. The smallest absolute Gasteiger partial charge is 0.161 e. The lowest BCUT2D eigenvalue weighted by Gasteiger charge is -2.18. The molecule has 1 N–H and O–H groups in total. The van der Waals surface area contributed by atoms with Crippen LogP contribution in [0, 0.1) is 0 Å². The summed E-state index contributed by atoms with van der Waals surface area (Å²) in [6, 6.07) is 13.9. The molecule has 0 saturated heterocycles. The molecule has 1 aliphatic rings. The number of benzene rings is 2. The molecule has 3 nitrogen and oxygen atoms in total. The molecule has 0 aliphatic carbocycles. The second kappa shape index (κ2) is 6.27. The summed E-state index contributed by atoms with van der Waals surface area (Å²) in [7, 11) is 0. The lowest BCUT2D eigenvalue weighted by molar-refractivity contribution is 0.297. The van der Waals surface area contributed by atoms with Gasteiger partial charge in [0, 0.05) is 12.5 Å². The van der Waals surface area contributed by atoms with Crippen molar-refractivity contribution in [1.82, 2.24) is 0 Å². The van der Waals surface area contributed by atoms with E-state index in [4.69, 9.17) is 21.1 Å². The summed E-state index contributed by atoms with van der Waals surface area (Å²) in [5, 5.41) is 4.14. The van der Waals surface area contributed by atoms with E-state index in [9.17, 15) is 0 Å². The Morgan fingerprint density at radius 1 is 1.05 bits per heavy atom. The highest BCUT2D eigenvalue weighted by atomic mass is 35.5. The quantitative estimate of drug-likeness (QED) is 0.893. The molecule has 0 amide bonds. The van der Waals surface area contributed by atoms with E-state index in [2.05, 4.69) is 18.3 Å². The summed E-state index contributed by atoms with van der Waals surface area (Å²) in [6.45, 7) is 3.51. The number of para-hydroxylation sites is 1. The summed E-state index contributed by atoms with van der Waals surface area (Å²) in [5.41, 5.74) is 2.07. The largest absolute Gasteiger partial charge is 0.490 e. The lowest BCUT2D eigenvalue weighted by Crippen LogP contribution is -2.07. The summed E-state index contributed by atoms with van der Waals surface area (Å²) in [4.78, 5) is 0. The highest BCUT2D eigenvalue weighted by Crippen LogP contribution is 2.33. The third kappa shape index (κ3) is 3.24. The predicted octanol–water partition coefficient (Wildman–Crippen LogP) is 4.67. The van der Waals surface area contributed by atoms with Gasteiger partial charge in [-0.25, -0.2) is 0 Å². The molecule has 21 heavy (non-hydrogen) atoms. The second-order valence-electron chi connectivity index (χ2n) is 5.10. The number of halogens is 1. The van der Waals surface area contributed by atoms with Crippen molar-refractivity contribution in [1.29, 1.82) is 0 Å². The van der Waals surface area contributed by atoms with E-state index in [0.717, 1.165) is 34.2 Å². The van der Waals surface area contributed by atoms with E-state index < -0.39 is 0 Å². The Kier molecular flexibility index (Phi) is 4.20. The van der Waals surface area contributed by atoms with Gasteiger partial charge in [0.15, 0.2) is 11.5 Å². The number of hydrogen-bond acceptors (Lipinski definition) is 3. The van der Waals surface area contributed by atoms with Crippen LogP contribution < -0.4 is 14.8 Å². The zero-order valence-corrected chi connectivity index (χ0v) is 12.7. The van der Waals surface area contributed by atoms with E-state index in [1.165, 1.54) is 0 Å². The van der Waals surface area contributed by atoms with Gasteiger partial charge >= 0.3 is 0 Å². The van der Waals surface area contributed by atoms with E-state index in [0.29, 0.717) is 13.2 Å². The highest BCUT2D eigenvalue weighted by molar-refractivity contribution is 6.33. The molecule has 4 heteroatoms. The van der Waals surface area contributed by atoms with Gasteiger partial charge in [-0.3, -0.25) is 0 Å². The van der Waals surface area contributed by atoms with Gasteiger partial charge in [-0.2, -0.15) is 0 Å². The zero-order chi connectivity index (χ0) is 14.7. The fourth-order valence-corrected chi connectivity index (χ4v) is 2.53. The van der Waals surface area contributed by atoms with Crippen LogP contribution in [0.3, 0.4) is 0 Å². The minimum atomic E-state index is 0.127. The van der Waals surface area contributed by atoms with E-state index in [1.54, 1.807) is 0 Å². The van der Waals surface area contributed by atoms with Crippen LogP contribution in [0.25, 0.3) is 0 Å². The van der Waals surface area contributed by atoms with Crippen molar-refractivity contribution in [2.75, 3.05) is 18.5 Å². The normalized spacial score (nSPS) is 15.1. The third-order valence-electron chi connectivity index (χ3n) is 3.52. The van der Waals surface area contributed by atoms with Crippen LogP contribution >= 0.6 is 11.6 Å². The van der Waals surface area contributed by atoms with Gasteiger partial charge in [-0.05, 0) is 36.8 Å². The van der Waals surface area contributed by atoms with Crippen LogP contribution in [0.15, 0.2) is 42.5 Å². The molecule has 0 spiro atoms. The number of ether oxygens (including phenoxy) is 2. The molecule has 0 bridgehead atoms. The maximum Gasteiger partial charge on any atom is 0.161 e. The monoisotopic (exact) mass is 303 g/mol. The molecule has 2 aromatic carbocycles. The SMILES string of the molecule is CC(Nc1ccccc1Cl)c1ccc2c(c1)OCCCO2. The Hall–Kier alpha value is -1.87. The first kappa shape index (κ1) is 14.1. The molecular weight excluding hydrogens is 286 g/mol. The van der Waals surface area contributed by atoms with Crippen molar-refractivity contribution in [3.05, 3.63) is 53.1 Å². The van der Waals surface area contributed by atoms with Crippen LogP contribution in [-0.2, 0) is 0 Å². The third-order valence-corrected chi connectivity index (χ3v) is 3.85. The number of hydrogen-bond donors (Lipinski definition) is 1. The van der Waals surface area contributed by atoms with Crippen molar-refractivity contribution < 1.29 is 9.47 Å². The van der Waals surface area contributed by atoms with Crippen LogP contribution in [0.2, 0.25) is 5.02 Å². The molecule has 110 valence electrons. The first-order chi connectivity index (χ1) is 10.2. The first-order valence-corrected chi connectivity index (χ1v) is 7.52. The molecule has 1 aliphatic heterocycles. The zero-order valence-electron chi connectivity index (χ0n) is 11.9. The molecule has 1 heterocycles. The van der Waals surface area contributed by atoms with E-state index >= 15 is 0 Å². The summed E-state index contributed by atoms with van der Waals surface area (Å²) < 4.78 is 11.4. The lowest BCUT2D eigenvalue weighted by atomic mass is 10.1. The Bertz CT molecular complexity index is 630. The van der Waals surface area contributed by atoms with Gasteiger partial charge in [0.2, 0.25) is 0 Å². The number of fused-ring (bicyclic) bond motifs is 1. The molecule has 2 aromatic rings. The fraction of sp³-hybridized carbons (Fsp3) is 0.294. The fourth-order valence-electron chi connectivity index (χ4n) is 2.34. The Morgan fingerprint density at radius 3 is 2.62 bits per heavy atom. The minimum absolute atomic E-state index is 0.127. The van der Waals surface area contributed by atoms with Crippen LogP contribution in [0.5, 0.6) is 11.5 Å². The molecule has 0 saturated carbocycles. The molecule has 0 aromatic heterocycles. The Labute approximate surface area is 129 Å². The molecular formula is C17H18ClNO2. The molecule has 3 rings (SSSR count). The van der Waals surface area contributed by atoms with Crippen molar-refractivity contribution in [3.63, 3.8) is 0 Å². The Morgan fingerprint density at radius 2 is 1.81 bits per heavy atom.